The van der Waals surface area contributed by atoms with Gasteiger partial charge in [-0.25, -0.2) is 4.98 Å². The van der Waals surface area contributed by atoms with Crippen LogP contribution in [-0.2, 0) is 0 Å². The van der Waals surface area contributed by atoms with Crippen LogP contribution in [0.25, 0.3) is 32.8 Å². The summed E-state index contributed by atoms with van der Waals surface area (Å²) in [4.78, 5) is 23.6. The summed E-state index contributed by atoms with van der Waals surface area (Å²) in [5.41, 5.74) is 16.5. The lowest BCUT2D eigenvalue weighted by Gasteiger charge is -2.17. The van der Waals surface area contributed by atoms with E-state index < -0.39 is 0 Å². The van der Waals surface area contributed by atoms with E-state index in [2.05, 4.69) is 22.2 Å². The summed E-state index contributed by atoms with van der Waals surface area (Å²) >= 11 is 0. The number of aromatic nitrogens is 2. The highest BCUT2D eigenvalue weighted by Crippen LogP contribution is 2.48. The predicted molar refractivity (Wildman–Crippen MR) is 136 cm³/mol. The van der Waals surface area contributed by atoms with E-state index in [-0.39, 0.29) is 17.8 Å². The van der Waals surface area contributed by atoms with E-state index in [0.29, 0.717) is 41.2 Å². The molecule has 5 rings (SSSR count). The number of fused-ring (bicyclic) bond motifs is 4. The molecule has 2 heterocycles. The first kappa shape index (κ1) is 21.9. The van der Waals surface area contributed by atoms with Gasteiger partial charge >= 0.3 is 0 Å². The first-order valence-electron chi connectivity index (χ1n) is 11.3. The summed E-state index contributed by atoms with van der Waals surface area (Å²) < 4.78 is 6.08. The van der Waals surface area contributed by atoms with E-state index in [4.69, 9.17) is 16.2 Å². The molecule has 8 heteroatoms. The maximum absolute atomic E-state index is 13.0. The highest BCUT2D eigenvalue weighted by atomic mass is 16.5. The van der Waals surface area contributed by atoms with Gasteiger partial charge in [0.1, 0.15) is 11.6 Å². The molecule has 0 spiro atoms. The van der Waals surface area contributed by atoms with E-state index in [0.717, 1.165) is 34.0 Å². The first-order valence-corrected chi connectivity index (χ1v) is 11.3. The van der Waals surface area contributed by atoms with Crippen molar-refractivity contribution in [3.05, 3.63) is 53.6 Å². The molecule has 4 aromatic rings. The van der Waals surface area contributed by atoms with Crippen molar-refractivity contribution in [2.24, 2.45) is 0 Å². The lowest BCUT2D eigenvalue weighted by atomic mass is 9.87. The first-order chi connectivity index (χ1) is 16.3. The van der Waals surface area contributed by atoms with E-state index in [9.17, 15) is 4.79 Å². The summed E-state index contributed by atoms with van der Waals surface area (Å²) in [7, 11) is 3.96. The maximum atomic E-state index is 13.0. The van der Waals surface area contributed by atoms with Crippen LogP contribution < -0.4 is 21.5 Å². The Morgan fingerprint density at radius 3 is 2.65 bits per heavy atom. The zero-order valence-electron chi connectivity index (χ0n) is 19.6. The van der Waals surface area contributed by atoms with Crippen LogP contribution in [0.1, 0.15) is 28.8 Å². The average Bonchev–Trinajstić information content (AvgIpc) is 3.18. The van der Waals surface area contributed by atoms with Crippen molar-refractivity contribution < 1.29 is 9.53 Å². The van der Waals surface area contributed by atoms with Crippen molar-refractivity contribution in [1.82, 2.24) is 20.2 Å². The Kier molecular flexibility index (Phi) is 5.45. The molecule has 1 aromatic heterocycles. The number of hydrogen-bond donors (Lipinski definition) is 3. The van der Waals surface area contributed by atoms with Gasteiger partial charge in [-0.2, -0.15) is 4.98 Å². The Bertz CT molecular complexity index is 1430. The van der Waals surface area contributed by atoms with Gasteiger partial charge in [0.05, 0.1) is 17.5 Å². The van der Waals surface area contributed by atoms with Gasteiger partial charge in [-0.3, -0.25) is 4.79 Å². The van der Waals surface area contributed by atoms with Gasteiger partial charge in [-0.05, 0) is 48.1 Å². The number of hydrogen-bond acceptors (Lipinski definition) is 7. The average molecular weight is 457 g/mol. The number of carbonyl (C=O) groups is 1. The van der Waals surface area contributed by atoms with Crippen LogP contribution in [-0.4, -0.2) is 54.6 Å². The molecule has 0 radical (unpaired) electrons. The molecule has 174 valence electrons. The molecule has 0 saturated carbocycles. The minimum Gasteiger partial charge on any atom is -0.492 e. The van der Waals surface area contributed by atoms with Gasteiger partial charge in [-0.1, -0.05) is 37.3 Å². The number of nitrogens with zero attached hydrogens (tertiary/aromatic N) is 3. The molecular weight excluding hydrogens is 428 g/mol. The van der Waals surface area contributed by atoms with Gasteiger partial charge in [0, 0.05) is 30.1 Å². The smallest absolute Gasteiger partial charge is 0.251 e. The van der Waals surface area contributed by atoms with E-state index in [1.54, 1.807) is 0 Å². The summed E-state index contributed by atoms with van der Waals surface area (Å²) in [6.45, 7) is 4.04. The van der Waals surface area contributed by atoms with Crippen LogP contribution in [0, 0.1) is 0 Å². The topological polar surface area (TPSA) is 119 Å². The number of nitrogen functional groups attached to an aromatic ring is 2. The van der Waals surface area contributed by atoms with Crippen LogP contribution in [0.15, 0.2) is 42.5 Å². The minimum atomic E-state index is -0.0849. The summed E-state index contributed by atoms with van der Waals surface area (Å²) in [5, 5.41) is 5.59. The fourth-order valence-electron chi connectivity index (χ4n) is 4.70. The van der Waals surface area contributed by atoms with E-state index in [1.807, 2.05) is 61.5 Å². The molecule has 0 saturated heterocycles. The van der Waals surface area contributed by atoms with E-state index in [1.165, 1.54) is 0 Å². The molecule has 8 nitrogen and oxygen atoms in total. The molecule has 1 amide bonds. The number of ether oxygens (including phenoxy) is 1. The third-order valence-corrected chi connectivity index (χ3v) is 6.30. The highest BCUT2D eigenvalue weighted by Gasteiger charge is 2.29. The summed E-state index contributed by atoms with van der Waals surface area (Å²) in [6, 6.07) is 13.9. The monoisotopic (exact) mass is 456 g/mol. The number of amides is 1. The molecular formula is C26H28N6O2. The standard InChI is InChI=1S/C26H28N6O2/c1-14-13-34-23-21(14)19(12-20-22(23)24(27)31-26(28)30-20)17-8-9-18(16-7-5-4-6-15(16)17)25(33)29-10-11-32(2)3/h4-9,12,14H,10-11,13H2,1-3H3,(H,29,33)(H4,27,28,30,31). The fourth-order valence-corrected chi connectivity index (χ4v) is 4.70. The van der Waals surface area contributed by atoms with Crippen molar-refractivity contribution in [2.45, 2.75) is 12.8 Å². The Morgan fingerprint density at radius 1 is 1.12 bits per heavy atom. The largest absolute Gasteiger partial charge is 0.492 e. The molecule has 1 aliphatic heterocycles. The van der Waals surface area contributed by atoms with Gasteiger partial charge in [0.15, 0.2) is 0 Å². The molecule has 5 N–H and O–H groups in total. The Hall–Kier alpha value is -3.91. The maximum Gasteiger partial charge on any atom is 0.251 e. The lowest BCUT2D eigenvalue weighted by molar-refractivity contribution is 0.0952. The van der Waals surface area contributed by atoms with Crippen LogP contribution in [0.3, 0.4) is 0 Å². The quantitative estimate of drug-likeness (QED) is 0.421. The minimum absolute atomic E-state index is 0.0849. The molecule has 0 bridgehead atoms. The molecule has 0 fully saturated rings. The summed E-state index contributed by atoms with van der Waals surface area (Å²) in [5.74, 6) is 1.23. The van der Waals surface area contributed by atoms with Crippen molar-refractivity contribution in [3.63, 3.8) is 0 Å². The van der Waals surface area contributed by atoms with Crippen molar-refractivity contribution in [1.29, 1.82) is 0 Å². The second kappa shape index (κ2) is 8.46. The van der Waals surface area contributed by atoms with Gasteiger partial charge in [-0.15, -0.1) is 0 Å². The van der Waals surface area contributed by atoms with Crippen LogP contribution in [0.2, 0.25) is 0 Å². The van der Waals surface area contributed by atoms with E-state index >= 15 is 0 Å². The molecule has 1 unspecified atom stereocenters. The normalized spacial score (nSPS) is 15.0. The fraction of sp³-hybridized carbons (Fsp3) is 0.269. The third-order valence-electron chi connectivity index (χ3n) is 6.30. The second-order valence-corrected chi connectivity index (χ2v) is 9.01. The molecule has 1 aliphatic rings. The van der Waals surface area contributed by atoms with Gasteiger partial charge in [0.25, 0.3) is 5.91 Å². The Balaban J connectivity index is 1.70. The Morgan fingerprint density at radius 2 is 1.88 bits per heavy atom. The predicted octanol–water partition coefficient (Wildman–Crippen LogP) is 3.40. The molecule has 34 heavy (non-hydrogen) atoms. The van der Waals surface area contributed by atoms with Crippen molar-refractivity contribution in [2.75, 3.05) is 45.3 Å². The lowest BCUT2D eigenvalue weighted by Crippen LogP contribution is -2.31. The molecule has 3 aromatic carbocycles. The van der Waals surface area contributed by atoms with Crippen LogP contribution in [0.5, 0.6) is 5.75 Å². The molecule has 1 atom stereocenters. The third kappa shape index (κ3) is 3.66. The second-order valence-electron chi connectivity index (χ2n) is 9.01. The number of rotatable bonds is 5. The number of likely N-dealkylation sites (N-methyl/N-ethyl adjacent to an activating group) is 1. The number of carbonyl (C=O) groups excluding carboxylic acids is 1. The Labute approximate surface area is 197 Å². The van der Waals surface area contributed by atoms with Crippen LogP contribution >= 0.6 is 0 Å². The number of benzene rings is 3. The number of nitrogens with two attached hydrogens (primary N) is 2. The zero-order chi connectivity index (χ0) is 24.0. The van der Waals surface area contributed by atoms with Gasteiger partial charge in [0.2, 0.25) is 5.95 Å². The van der Waals surface area contributed by atoms with Crippen LogP contribution in [0.4, 0.5) is 11.8 Å². The number of anilines is 2. The molecule has 0 aliphatic carbocycles. The van der Waals surface area contributed by atoms with Crippen molar-refractivity contribution in [3.8, 4) is 16.9 Å². The number of nitrogens with one attached hydrogen (secondary N) is 1. The zero-order valence-corrected chi connectivity index (χ0v) is 19.6. The summed E-state index contributed by atoms with van der Waals surface area (Å²) in [6.07, 6.45) is 0. The van der Waals surface area contributed by atoms with Gasteiger partial charge < -0.3 is 26.4 Å². The SMILES string of the molecule is CC1COc2c1c(-c1ccc(C(=O)NCCN(C)C)c3ccccc13)cc1nc(N)nc(N)c21. The van der Waals surface area contributed by atoms with Crippen molar-refractivity contribution >= 4 is 39.3 Å². The highest BCUT2D eigenvalue weighted by molar-refractivity contribution is 6.12.